The van der Waals surface area contributed by atoms with Crippen molar-refractivity contribution in [1.82, 2.24) is 0 Å². The summed E-state index contributed by atoms with van der Waals surface area (Å²) in [4.78, 5) is 16.1. The van der Waals surface area contributed by atoms with E-state index >= 15 is 0 Å². The minimum Gasteiger partial charge on any atom is -0.321 e. The van der Waals surface area contributed by atoms with Crippen molar-refractivity contribution in [2.75, 3.05) is 26.0 Å². The molecule has 0 aliphatic heterocycles. The average molecular weight is 377 g/mol. The third-order valence-corrected chi connectivity index (χ3v) is 4.24. The van der Waals surface area contributed by atoms with E-state index < -0.39 is 0 Å². The van der Waals surface area contributed by atoms with Crippen LogP contribution in [-0.4, -0.2) is 37.1 Å². The number of rotatable bonds is 5. The summed E-state index contributed by atoms with van der Waals surface area (Å²) in [5.74, 6) is 0.0473. The Morgan fingerprint density at radius 1 is 1.27 bits per heavy atom. The Kier molecular flexibility index (Phi) is 8.46. The Morgan fingerprint density at radius 3 is 2.14 bits per heavy atom. The molecule has 0 bridgehead atoms. The van der Waals surface area contributed by atoms with Gasteiger partial charge < -0.3 is 9.80 Å². The second-order valence-corrected chi connectivity index (χ2v) is 6.07. The van der Waals surface area contributed by atoms with Gasteiger partial charge >= 0.3 is 0 Å². The van der Waals surface area contributed by atoms with Crippen LogP contribution in [-0.2, 0) is 37.5 Å². The number of aryl methyl sites for hydroxylation is 2. The zero-order valence-corrected chi connectivity index (χ0v) is 17.4. The van der Waals surface area contributed by atoms with Crippen LogP contribution in [0.2, 0.25) is 0 Å². The van der Waals surface area contributed by atoms with Crippen LogP contribution in [0.25, 0.3) is 4.85 Å². The number of quaternary nitrogens is 1. The van der Waals surface area contributed by atoms with Gasteiger partial charge in [-0.05, 0) is 31.9 Å². The molecular weight excluding hydrogens is 351 g/mol. The molecule has 0 spiro atoms. The molecule has 0 saturated carbocycles. The molecular formula is C17H26N3OY+. The zero-order chi connectivity index (χ0) is 16.2. The topological polar surface area (TPSA) is 33.5 Å². The van der Waals surface area contributed by atoms with Gasteiger partial charge in [0.25, 0.3) is 5.91 Å². The van der Waals surface area contributed by atoms with Gasteiger partial charge in [-0.2, -0.15) is 0 Å². The van der Waals surface area contributed by atoms with Gasteiger partial charge in [0.05, 0.1) is 27.2 Å². The first kappa shape index (κ1) is 21.2. The Hall–Kier alpha value is -0.756. The molecule has 22 heavy (non-hydrogen) atoms. The van der Waals surface area contributed by atoms with E-state index in [-0.39, 0.29) is 44.7 Å². The van der Waals surface area contributed by atoms with Crippen LogP contribution in [0.3, 0.4) is 0 Å². The second-order valence-electron chi connectivity index (χ2n) is 6.07. The van der Waals surface area contributed by atoms with Gasteiger partial charge in [0, 0.05) is 44.8 Å². The summed E-state index contributed by atoms with van der Waals surface area (Å²) >= 11 is 0. The molecule has 117 valence electrons. The first-order chi connectivity index (χ1) is 9.76. The molecule has 1 atom stereocenters. The van der Waals surface area contributed by atoms with Crippen LogP contribution in [0, 0.1) is 20.4 Å². The van der Waals surface area contributed by atoms with E-state index in [1.165, 1.54) is 0 Å². The Morgan fingerprint density at radius 2 is 1.77 bits per heavy atom. The largest absolute Gasteiger partial charge is 0.321 e. The fraction of sp³-hybridized carbons (Fsp3) is 0.529. The molecule has 5 heteroatoms. The summed E-state index contributed by atoms with van der Waals surface area (Å²) in [5, 5.41) is 3.06. The van der Waals surface area contributed by atoms with Crippen LogP contribution in [0.15, 0.2) is 12.1 Å². The minimum atomic E-state index is -0.0747. The SMILES string of the molecule is [C-]#[N+]c1cc(C)c(NC(=O)C(CC)[N+](C)(C)CC)c(C)c1.[Y]. The molecule has 1 aromatic carbocycles. The summed E-state index contributed by atoms with van der Waals surface area (Å²) in [5.41, 5.74) is 3.32. The number of benzene rings is 1. The van der Waals surface area contributed by atoms with Gasteiger partial charge in [-0.1, -0.05) is 19.1 Å². The van der Waals surface area contributed by atoms with Crippen molar-refractivity contribution in [2.45, 2.75) is 40.2 Å². The van der Waals surface area contributed by atoms with Gasteiger partial charge in [-0.25, -0.2) is 4.85 Å². The third-order valence-electron chi connectivity index (χ3n) is 4.24. The van der Waals surface area contributed by atoms with Crippen molar-refractivity contribution in [1.29, 1.82) is 0 Å². The van der Waals surface area contributed by atoms with E-state index in [9.17, 15) is 4.79 Å². The molecule has 0 fully saturated rings. The number of amides is 1. The smallest absolute Gasteiger partial charge is 0.282 e. The number of carbonyl (C=O) groups is 1. The van der Waals surface area contributed by atoms with Gasteiger partial charge in [0.15, 0.2) is 11.7 Å². The predicted molar refractivity (Wildman–Crippen MR) is 87.5 cm³/mol. The summed E-state index contributed by atoms with van der Waals surface area (Å²) in [6.07, 6.45) is 0.797. The molecule has 1 N–H and O–H groups in total. The molecule has 1 rings (SSSR count). The minimum absolute atomic E-state index is 0. The van der Waals surface area contributed by atoms with Crippen molar-refractivity contribution in [3.8, 4) is 0 Å². The maximum atomic E-state index is 12.6. The molecule has 0 aliphatic rings. The van der Waals surface area contributed by atoms with E-state index in [0.29, 0.717) is 10.2 Å². The van der Waals surface area contributed by atoms with Gasteiger partial charge in [-0.3, -0.25) is 4.79 Å². The monoisotopic (exact) mass is 377 g/mol. The molecule has 0 aromatic heterocycles. The molecule has 1 amide bonds. The average Bonchev–Trinajstić information content (AvgIpc) is 2.43. The summed E-state index contributed by atoms with van der Waals surface area (Å²) in [6, 6.07) is 3.56. The Labute approximate surface area is 159 Å². The second kappa shape index (κ2) is 8.77. The van der Waals surface area contributed by atoms with E-state index in [0.717, 1.165) is 29.8 Å². The Bertz CT molecular complexity index is 553. The van der Waals surface area contributed by atoms with Crippen molar-refractivity contribution in [3.05, 3.63) is 34.7 Å². The van der Waals surface area contributed by atoms with Crippen LogP contribution in [0.5, 0.6) is 0 Å². The summed E-state index contributed by atoms with van der Waals surface area (Å²) in [6.45, 7) is 16.0. The van der Waals surface area contributed by atoms with Crippen molar-refractivity contribution in [2.24, 2.45) is 0 Å². The van der Waals surface area contributed by atoms with E-state index in [2.05, 4.69) is 31.2 Å². The maximum absolute atomic E-state index is 12.6. The van der Waals surface area contributed by atoms with Gasteiger partial charge in [0.2, 0.25) is 0 Å². The van der Waals surface area contributed by atoms with E-state index in [1.807, 2.05) is 32.9 Å². The van der Waals surface area contributed by atoms with E-state index in [1.54, 1.807) is 0 Å². The standard InChI is InChI=1S/C17H25N3O.Y/c1-8-15(20(6,7)9-2)17(21)19-16-12(3)10-14(18-5)11-13(16)4;/h10-11,15H,8-9H2,1-4,6-7H3;/p+1. The van der Waals surface area contributed by atoms with Crippen molar-refractivity contribution >= 4 is 17.3 Å². The molecule has 0 aliphatic carbocycles. The van der Waals surface area contributed by atoms with E-state index in [4.69, 9.17) is 6.57 Å². The van der Waals surface area contributed by atoms with Crippen LogP contribution in [0.1, 0.15) is 31.4 Å². The number of likely N-dealkylation sites (N-methyl/N-ethyl adjacent to an activating group) is 1. The van der Waals surface area contributed by atoms with Crippen molar-refractivity contribution < 1.29 is 42.0 Å². The Balaban J connectivity index is 0.00000441. The molecule has 1 unspecified atom stereocenters. The number of hydrogen-bond acceptors (Lipinski definition) is 1. The first-order valence-corrected chi connectivity index (χ1v) is 7.39. The fourth-order valence-electron chi connectivity index (χ4n) is 2.63. The number of hydrogen-bond donors (Lipinski definition) is 1. The number of anilines is 1. The van der Waals surface area contributed by atoms with Crippen LogP contribution < -0.4 is 5.32 Å². The maximum Gasteiger partial charge on any atom is 0.282 e. The van der Waals surface area contributed by atoms with Gasteiger partial charge in [-0.15, -0.1) is 0 Å². The molecule has 0 heterocycles. The van der Waals surface area contributed by atoms with Gasteiger partial charge in [0.1, 0.15) is 0 Å². The normalized spacial score (nSPS) is 12.0. The molecule has 0 saturated heterocycles. The fourth-order valence-corrected chi connectivity index (χ4v) is 2.63. The first-order valence-electron chi connectivity index (χ1n) is 7.39. The van der Waals surface area contributed by atoms with Crippen molar-refractivity contribution in [3.63, 3.8) is 0 Å². The predicted octanol–water partition coefficient (Wildman–Crippen LogP) is 3.67. The summed E-state index contributed by atoms with van der Waals surface area (Å²) < 4.78 is 0.667. The third kappa shape index (κ3) is 4.88. The quantitative estimate of drug-likeness (QED) is 0.617. The zero-order valence-electron chi connectivity index (χ0n) is 14.5. The molecule has 4 nitrogen and oxygen atoms in total. The number of carbonyl (C=O) groups excluding carboxylic acids is 1. The molecule has 1 aromatic rings. The number of nitrogens with one attached hydrogen (secondary N) is 1. The molecule has 1 radical (unpaired) electrons. The number of nitrogens with zero attached hydrogens (tertiary/aromatic N) is 2. The van der Waals surface area contributed by atoms with Crippen LogP contribution >= 0.6 is 0 Å². The van der Waals surface area contributed by atoms with Crippen LogP contribution in [0.4, 0.5) is 11.4 Å². The summed E-state index contributed by atoms with van der Waals surface area (Å²) in [7, 11) is 4.16.